The molecule has 114 valence electrons. The van der Waals surface area contributed by atoms with Gasteiger partial charge in [0.1, 0.15) is 0 Å². The fourth-order valence-corrected chi connectivity index (χ4v) is 2.29. The molecule has 2 rings (SSSR count). The fraction of sp³-hybridized carbons (Fsp3) is 0.235. The number of carbonyl (C=O) groups is 1. The van der Waals surface area contributed by atoms with Crippen LogP contribution in [0.25, 0.3) is 17.3 Å². The number of aryl methyl sites for hydroxylation is 3. The number of nitrogens with zero attached hydrogens (tertiary/aromatic N) is 2. The van der Waals surface area contributed by atoms with Gasteiger partial charge in [-0.15, -0.1) is 0 Å². The third kappa shape index (κ3) is 3.31. The third-order valence-corrected chi connectivity index (χ3v) is 3.36. The molecule has 0 saturated carbocycles. The molecule has 0 fully saturated rings. The predicted octanol–water partition coefficient (Wildman–Crippen LogP) is 2.64. The van der Waals surface area contributed by atoms with Gasteiger partial charge in [0.15, 0.2) is 0 Å². The number of benzene rings is 1. The van der Waals surface area contributed by atoms with E-state index in [1.165, 1.54) is 10.8 Å². The Morgan fingerprint density at radius 2 is 2.05 bits per heavy atom. The van der Waals surface area contributed by atoms with Gasteiger partial charge in [-0.2, -0.15) is 5.10 Å². The van der Waals surface area contributed by atoms with Gasteiger partial charge in [-0.25, -0.2) is 9.48 Å². The van der Waals surface area contributed by atoms with Crippen LogP contribution in [0, 0.1) is 13.8 Å². The van der Waals surface area contributed by atoms with Crippen LogP contribution in [0.3, 0.4) is 0 Å². The molecule has 1 aromatic carbocycles. The summed E-state index contributed by atoms with van der Waals surface area (Å²) in [5.41, 5.74) is 3.81. The first-order valence-corrected chi connectivity index (χ1v) is 7.03. The summed E-state index contributed by atoms with van der Waals surface area (Å²) in [7, 11) is 0. The lowest BCUT2D eigenvalue weighted by Crippen LogP contribution is -2.24. The smallest absolute Gasteiger partial charge is 0.328 e. The second-order valence-electron chi connectivity index (χ2n) is 5.10. The molecule has 2 aromatic rings. The molecule has 0 unspecified atom stereocenters. The zero-order chi connectivity index (χ0) is 16.3. The summed E-state index contributed by atoms with van der Waals surface area (Å²) in [6, 6.07) is 7.62. The first kappa shape index (κ1) is 15.7. The molecule has 0 bridgehead atoms. The van der Waals surface area contributed by atoms with Crippen LogP contribution in [0.5, 0.6) is 0 Å². The van der Waals surface area contributed by atoms with E-state index in [4.69, 9.17) is 5.11 Å². The van der Waals surface area contributed by atoms with Crippen LogP contribution in [-0.4, -0.2) is 20.9 Å². The molecule has 0 saturated heterocycles. The second kappa shape index (κ2) is 6.39. The Labute approximate surface area is 128 Å². The molecule has 22 heavy (non-hydrogen) atoms. The maximum atomic E-state index is 12.2. The van der Waals surface area contributed by atoms with Crippen molar-refractivity contribution in [2.75, 3.05) is 0 Å². The van der Waals surface area contributed by atoms with Gasteiger partial charge in [-0.1, -0.05) is 23.8 Å². The zero-order valence-electron chi connectivity index (χ0n) is 12.8. The average Bonchev–Trinajstić information content (AvgIpc) is 2.46. The van der Waals surface area contributed by atoms with Crippen LogP contribution in [0.2, 0.25) is 0 Å². The van der Waals surface area contributed by atoms with Crippen LogP contribution in [0.15, 0.2) is 35.1 Å². The summed E-state index contributed by atoms with van der Waals surface area (Å²) >= 11 is 0. The topological polar surface area (TPSA) is 72.2 Å². The van der Waals surface area contributed by atoms with Gasteiger partial charge in [0, 0.05) is 23.7 Å². The number of rotatable bonds is 4. The van der Waals surface area contributed by atoms with Crippen molar-refractivity contribution in [3.63, 3.8) is 0 Å². The normalized spacial score (nSPS) is 11.0. The summed E-state index contributed by atoms with van der Waals surface area (Å²) < 4.78 is 1.34. The molecule has 1 heterocycles. The molecule has 0 radical (unpaired) electrons. The molecular weight excluding hydrogens is 280 g/mol. The second-order valence-corrected chi connectivity index (χ2v) is 5.10. The minimum Gasteiger partial charge on any atom is -0.478 e. The summed E-state index contributed by atoms with van der Waals surface area (Å²) in [6.07, 6.45) is 2.27. The van der Waals surface area contributed by atoms with E-state index >= 15 is 0 Å². The molecule has 0 amide bonds. The highest BCUT2D eigenvalue weighted by atomic mass is 16.4. The number of carboxylic acids is 1. The van der Waals surface area contributed by atoms with Crippen molar-refractivity contribution in [2.24, 2.45) is 0 Å². The first-order chi connectivity index (χ1) is 10.4. The highest BCUT2D eigenvalue weighted by Crippen LogP contribution is 2.22. The highest BCUT2D eigenvalue weighted by molar-refractivity contribution is 5.85. The van der Waals surface area contributed by atoms with Crippen LogP contribution in [0.4, 0.5) is 0 Å². The number of hydrogen-bond donors (Lipinski definition) is 1. The predicted molar refractivity (Wildman–Crippen MR) is 85.8 cm³/mol. The number of aliphatic carboxylic acids is 1. The maximum absolute atomic E-state index is 12.2. The first-order valence-electron chi connectivity index (χ1n) is 7.03. The molecular formula is C17H18N2O3. The number of aromatic nitrogens is 2. The lowest BCUT2D eigenvalue weighted by molar-refractivity contribution is -0.131. The lowest BCUT2D eigenvalue weighted by Gasteiger charge is -2.10. The van der Waals surface area contributed by atoms with Crippen LogP contribution in [-0.2, 0) is 11.3 Å². The van der Waals surface area contributed by atoms with Crippen molar-refractivity contribution in [1.82, 2.24) is 9.78 Å². The Kier molecular flexibility index (Phi) is 4.56. The van der Waals surface area contributed by atoms with Gasteiger partial charge >= 0.3 is 5.97 Å². The lowest BCUT2D eigenvalue weighted by atomic mass is 10.0. The van der Waals surface area contributed by atoms with Gasteiger partial charge in [-0.05, 0) is 38.5 Å². The third-order valence-electron chi connectivity index (χ3n) is 3.36. The molecule has 5 nitrogen and oxygen atoms in total. The monoisotopic (exact) mass is 298 g/mol. The molecule has 0 aliphatic rings. The summed E-state index contributed by atoms with van der Waals surface area (Å²) in [5, 5.41) is 13.1. The van der Waals surface area contributed by atoms with Crippen LogP contribution < -0.4 is 5.56 Å². The summed E-state index contributed by atoms with van der Waals surface area (Å²) in [4.78, 5) is 22.9. The molecule has 0 spiro atoms. The van der Waals surface area contributed by atoms with E-state index in [9.17, 15) is 9.59 Å². The maximum Gasteiger partial charge on any atom is 0.328 e. The van der Waals surface area contributed by atoms with E-state index < -0.39 is 5.97 Å². The van der Waals surface area contributed by atoms with Gasteiger partial charge in [-0.3, -0.25) is 4.79 Å². The Balaban J connectivity index is 2.64. The van der Waals surface area contributed by atoms with Crippen molar-refractivity contribution >= 4 is 12.0 Å². The van der Waals surface area contributed by atoms with E-state index in [2.05, 4.69) is 5.10 Å². The zero-order valence-corrected chi connectivity index (χ0v) is 12.8. The molecule has 1 aromatic heterocycles. The van der Waals surface area contributed by atoms with E-state index in [0.717, 1.165) is 22.8 Å². The van der Waals surface area contributed by atoms with Gasteiger partial charge < -0.3 is 5.11 Å². The van der Waals surface area contributed by atoms with Crippen molar-refractivity contribution in [2.45, 2.75) is 27.3 Å². The Morgan fingerprint density at radius 1 is 1.32 bits per heavy atom. The minimum absolute atomic E-state index is 0.298. The van der Waals surface area contributed by atoms with Crippen LogP contribution >= 0.6 is 0 Å². The summed E-state index contributed by atoms with van der Waals surface area (Å²) in [6.45, 7) is 6.24. The van der Waals surface area contributed by atoms with Gasteiger partial charge in [0.2, 0.25) is 0 Å². The van der Waals surface area contributed by atoms with Crippen molar-refractivity contribution in [3.8, 4) is 11.3 Å². The summed E-state index contributed by atoms with van der Waals surface area (Å²) in [5.74, 6) is -1.09. The Morgan fingerprint density at radius 3 is 2.64 bits per heavy atom. The van der Waals surface area contributed by atoms with Crippen LogP contribution in [0.1, 0.15) is 23.6 Å². The largest absolute Gasteiger partial charge is 0.478 e. The van der Waals surface area contributed by atoms with E-state index in [-0.39, 0.29) is 5.56 Å². The molecule has 0 atom stereocenters. The van der Waals surface area contributed by atoms with Gasteiger partial charge in [0.25, 0.3) is 5.56 Å². The van der Waals surface area contributed by atoms with E-state index in [1.54, 1.807) is 6.07 Å². The van der Waals surface area contributed by atoms with E-state index in [0.29, 0.717) is 17.8 Å². The van der Waals surface area contributed by atoms with Gasteiger partial charge in [0.05, 0.1) is 5.69 Å². The molecule has 0 aliphatic heterocycles. The SMILES string of the molecule is CCn1nc(-c2ccc(C)cc2C)cc(/C=C/C(=O)O)c1=O. The van der Waals surface area contributed by atoms with Crippen molar-refractivity contribution in [3.05, 3.63) is 57.4 Å². The molecule has 1 N–H and O–H groups in total. The van der Waals surface area contributed by atoms with Crippen molar-refractivity contribution < 1.29 is 9.90 Å². The molecule has 0 aliphatic carbocycles. The standard InChI is InChI=1S/C17H18N2O3/c1-4-19-17(22)13(6-8-16(20)21)10-15(18-19)14-7-5-11(2)9-12(14)3/h5-10H,4H2,1-3H3,(H,20,21)/b8-6+. The Hall–Kier alpha value is -2.69. The quantitative estimate of drug-likeness (QED) is 0.881. The minimum atomic E-state index is -1.09. The number of carboxylic acid groups (broad SMARTS) is 1. The number of hydrogen-bond acceptors (Lipinski definition) is 3. The van der Waals surface area contributed by atoms with E-state index in [1.807, 2.05) is 39.0 Å². The average molecular weight is 298 g/mol. The Bertz CT molecular complexity index is 804. The van der Waals surface area contributed by atoms with Crippen molar-refractivity contribution in [1.29, 1.82) is 0 Å². The molecule has 5 heteroatoms. The fourth-order valence-electron chi connectivity index (χ4n) is 2.29. The highest BCUT2D eigenvalue weighted by Gasteiger charge is 2.10.